The first-order valence-electron chi connectivity index (χ1n) is 6.22. The van der Waals surface area contributed by atoms with Gasteiger partial charge in [-0.1, -0.05) is 13.8 Å². The van der Waals surface area contributed by atoms with Crippen LogP contribution >= 0.6 is 0 Å². The number of rotatable bonds is 6. The molecule has 0 bridgehead atoms. The maximum atomic E-state index is 10.9. The number of aliphatic carboxylic acids is 1. The Balaban J connectivity index is 3.09. The maximum Gasteiger partial charge on any atom is 0.303 e. The number of ether oxygens (including phenoxy) is 2. The Labute approximate surface area is 114 Å². The molecule has 0 fully saturated rings. The van der Waals surface area contributed by atoms with Gasteiger partial charge in [-0.15, -0.1) is 0 Å². The Kier molecular flexibility index (Phi) is 4.81. The van der Waals surface area contributed by atoms with Gasteiger partial charge in [0.15, 0.2) is 0 Å². The summed E-state index contributed by atoms with van der Waals surface area (Å²) in [7, 11) is 3.23. The van der Waals surface area contributed by atoms with Crippen LogP contribution in [0.1, 0.15) is 31.4 Å². The standard InChI is InChI=1S/C15H22O4/c1-10-6-11(18-4)7-13(19-5)12(10)8-15(2,3)9-14(16)17/h6-7H,8-9H2,1-5H3,(H,16,17). The van der Waals surface area contributed by atoms with Crippen LogP contribution in [0, 0.1) is 12.3 Å². The highest BCUT2D eigenvalue weighted by molar-refractivity contribution is 5.67. The minimum atomic E-state index is -0.782. The average Bonchev–Trinajstić information content (AvgIpc) is 2.29. The van der Waals surface area contributed by atoms with E-state index in [1.807, 2.05) is 32.9 Å². The van der Waals surface area contributed by atoms with Gasteiger partial charge in [0.05, 0.1) is 20.6 Å². The molecule has 0 aliphatic rings. The summed E-state index contributed by atoms with van der Waals surface area (Å²) in [5.74, 6) is 0.708. The van der Waals surface area contributed by atoms with E-state index in [0.717, 1.165) is 22.6 Å². The van der Waals surface area contributed by atoms with Gasteiger partial charge in [-0.3, -0.25) is 4.79 Å². The van der Waals surface area contributed by atoms with Crippen molar-refractivity contribution in [2.75, 3.05) is 14.2 Å². The van der Waals surface area contributed by atoms with Gasteiger partial charge in [-0.05, 0) is 36.0 Å². The minimum absolute atomic E-state index is 0.127. The number of carboxylic acid groups (broad SMARTS) is 1. The molecule has 1 N–H and O–H groups in total. The lowest BCUT2D eigenvalue weighted by Crippen LogP contribution is -2.20. The number of benzene rings is 1. The van der Waals surface area contributed by atoms with Crippen molar-refractivity contribution in [1.29, 1.82) is 0 Å². The van der Waals surface area contributed by atoms with Crippen molar-refractivity contribution in [3.8, 4) is 11.5 Å². The lowest BCUT2D eigenvalue weighted by molar-refractivity contribution is -0.139. The van der Waals surface area contributed by atoms with Crippen molar-refractivity contribution in [3.05, 3.63) is 23.3 Å². The number of hydrogen-bond acceptors (Lipinski definition) is 3. The number of carboxylic acids is 1. The Morgan fingerprint density at radius 1 is 1.26 bits per heavy atom. The van der Waals surface area contributed by atoms with E-state index in [9.17, 15) is 4.79 Å². The molecule has 0 heterocycles. The van der Waals surface area contributed by atoms with E-state index in [0.29, 0.717) is 6.42 Å². The van der Waals surface area contributed by atoms with Crippen LogP contribution in [-0.4, -0.2) is 25.3 Å². The van der Waals surface area contributed by atoms with E-state index in [1.165, 1.54) is 0 Å². The summed E-state index contributed by atoms with van der Waals surface area (Å²) in [6, 6.07) is 3.77. The van der Waals surface area contributed by atoms with Crippen molar-refractivity contribution in [1.82, 2.24) is 0 Å². The summed E-state index contributed by atoms with van der Waals surface area (Å²) in [5, 5.41) is 8.95. The smallest absolute Gasteiger partial charge is 0.303 e. The molecular formula is C15H22O4. The summed E-state index contributed by atoms with van der Waals surface area (Å²) in [6.07, 6.45) is 0.778. The fraction of sp³-hybridized carbons (Fsp3) is 0.533. The van der Waals surface area contributed by atoms with Crippen molar-refractivity contribution in [2.24, 2.45) is 5.41 Å². The Hall–Kier alpha value is -1.71. The third-order valence-corrected chi connectivity index (χ3v) is 3.15. The van der Waals surface area contributed by atoms with E-state index in [1.54, 1.807) is 14.2 Å². The molecule has 0 unspecified atom stereocenters. The average molecular weight is 266 g/mol. The van der Waals surface area contributed by atoms with Gasteiger partial charge in [0.2, 0.25) is 0 Å². The first-order chi connectivity index (χ1) is 8.79. The molecule has 1 aromatic rings. The van der Waals surface area contributed by atoms with Gasteiger partial charge in [0, 0.05) is 6.07 Å². The molecule has 0 saturated carbocycles. The first kappa shape index (κ1) is 15.3. The van der Waals surface area contributed by atoms with E-state index in [-0.39, 0.29) is 11.8 Å². The van der Waals surface area contributed by atoms with Gasteiger partial charge in [0.25, 0.3) is 0 Å². The molecule has 106 valence electrons. The fourth-order valence-corrected chi connectivity index (χ4v) is 2.23. The monoisotopic (exact) mass is 266 g/mol. The molecule has 0 amide bonds. The Morgan fingerprint density at radius 2 is 1.89 bits per heavy atom. The fourth-order valence-electron chi connectivity index (χ4n) is 2.23. The molecule has 0 aromatic heterocycles. The van der Waals surface area contributed by atoms with Crippen LogP contribution < -0.4 is 9.47 Å². The zero-order valence-electron chi connectivity index (χ0n) is 12.2. The topological polar surface area (TPSA) is 55.8 Å². The minimum Gasteiger partial charge on any atom is -0.497 e. The van der Waals surface area contributed by atoms with Crippen molar-refractivity contribution in [2.45, 2.75) is 33.6 Å². The second-order valence-electron chi connectivity index (χ2n) is 5.54. The molecule has 0 radical (unpaired) electrons. The van der Waals surface area contributed by atoms with Crippen LogP contribution in [0.25, 0.3) is 0 Å². The predicted octanol–water partition coefficient (Wildman–Crippen LogP) is 3.06. The summed E-state index contributed by atoms with van der Waals surface area (Å²) >= 11 is 0. The number of carbonyl (C=O) groups is 1. The third-order valence-electron chi connectivity index (χ3n) is 3.15. The van der Waals surface area contributed by atoms with Crippen molar-refractivity contribution in [3.63, 3.8) is 0 Å². The van der Waals surface area contributed by atoms with Crippen LogP contribution in [0.2, 0.25) is 0 Å². The van der Waals surface area contributed by atoms with E-state index < -0.39 is 5.97 Å². The summed E-state index contributed by atoms with van der Waals surface area (Å²) in [4.78, 5) is 10.9. The number of methoxy groups -OCH3 is 2. The molecule has 1 rings (SSSR count). The molecule has 19 heavy (non-hydrogen) atoms. The zero-order valence-corrected chi connectivity index (χ0v) is 12.2. The molecule has 0 saturated heterocycles. The first-order valence-corrected chi connectivity index (χ1v) is 6.22. The molecule has 0 aliphatic carbocycles. The maximum absolute atomic E-state index is 10.9. The third kappa shape index (κ3) is 4.16. The number of hydrogen-bond donors (Lipinski definition) is 1. The highest BCUT2D eigenvalue weighted by Gasteiger charge is 2.25. The molecule has 0 atom stereocenters. The molecule has 4 heteroatoms. The zero-order chi connectivity index (χ0) is 14.6. The number of aryl methyl sites for hydroxylation is 1. The molecule has 0 spiro atoms. The van der Waals surface area contributed by atoms with E-state index >= 15 is 0 Å². The largest absolute Gasteiger partial charge is 0.497 e. The molecule has 4 nitrogen and oxygen atoms in total. The normalized spacial score (nSPS) is 11.2. The van der Waals surface area contributed by atoms with Gasteiger partial charge < -0.3 is 14.6 Å². The summed E-state index contributed by atoms with van der Waals surface area (Å²) in [5.41, 5.74) is 1.77. The van der Waals surface area contributed by atoms with Gasteiger partial charge in [-0.25, -0.2) is 0 Å². The van der Waals surface area contributed by atoms with E-state index in [2.05, 4.69) is 0 Å². The van der Waals surface area contributed by atoms with Crippen LogP contribution in [0.5, 0.6) is 11.5 Å². The second-order valence-corrected chi connectivity index (χ2v) is 5.54. The SMILES string of the molecule is COc1cc(C)c(CC(C)(C)CC(=O)O)c(OC)c1. The van der Waals surface area contributed by atoms with Gasteiger partial charge in [0.1, 0.15) is 11.5 Å². The highest BCUT2D eigenvalue weighted by Crippen LogP contribution is 2.35. The van der Waals surface area contributed by atoms with Crippen molar-refractivity contribution >= 4 is 5.97 Å². The lowest BCUT2D eigenvalue weighted by Gasteiger charge is -2.25. The van der Waals surface area contributed by atoms with Gasteiger partial charge in [-0.2, -0.15) is 0 Å². The van der Waals surface area contributed by atoms with Crippen LogP contribution in [-0.2, 0) is 11.2 Å². The second kappa shape index (κ2) is 5.95. The quantitative estimate of drug-likeness (QED) is 0.859. The van der Waals surface area contributed by atoms with E-state index in [4.69, 9.17) is 14.6 Å². The van der Waals surface area contributed by atoms with Crippen LogP contribution in [0.15, 0.2) is 12.1 Å². The van der Waals surface area contributed by atoms with Crippen LogP contribution in [0.3, 0.4) is 0 Å². The van der Waals surface area contributed by atoms with Gasteiger partial charge >= 0.3 is 5.97 Å². The Bertz CT molecular complexity index is 463. The van der Waals surface area contributed by atoms with Crippen LogP contribution in [0.4, 0.5) is 0 Å². The molecule has 1 aromatic carbocycles. The summed E-state index contributed by atoms with van der Waals surface area (Å²) < 4.78 is 10.6. The van der Waals surface area contributed by atoms with Crippen molar-refractivity contribution < 1.29 is 19.4 Å². The highest BCUT2D eigenvalue weighted by atomic mass is 16.5. The molecular weight excluding hydrogens is 244 g/mol. The predicted molar refractivity (Wildman–Crippen MR) is 74.0 cm³/mol. The Morgan fingerprint density at radius 3 is 2.37 bits per heavy atom. The summed E-state index contributed by atoms with van der Waals surface area (Å²) in [6.45, 7) is 5.88. The lowest BCUT2D eigenvalue weighted by atomic mass is 9.81. The molecule has 0 aliphatic heterocycles.